The van der Waals surface area contributed by atoms with Crippen LogP contribution in [0.4, 0.5) is 5.69 Å². The lowest BCUT2D eigenvalue weighted by atomic mass is 9.86. The van der Waals surface area contributed by atoms with Gasteiger partial charge in [-0.15, -0.1) is 0 Å². The predicted octanol–water partition coefficient (Wildman–Crippen LogP) is 4.43. The van der Waals surface area contributed by atoms with Gasteiger partial charge in [-0.05, 0) is 41.2 Å². The topological polar surface area (TPSA) is 57.8 Å². The van der Waals surface area contributed by atoms with E-state index in [0.717, 1.165) is 23.0 Å². The van der Waals surface area contributed by atoms with Crippen LogP contribution in [-0.4, -0.2) is 16.1 Å². The summed E-state index contributed by atoms with van der Waals surface area (Å²) in [5, 5.41) is 10.9. The maximum absolute atomic E-state index is 12.1. The first-order valence-corrected chi connectivity index (χ1v) is 8.24. The van der Waals surface area contributed by atoms with Gasteiger partial charge in [0, 0.05) is 17.5 Å². The van der Waals surface area contributed by atoms with Crippen molar-refractivity contribution in [3.8, 4) is 0 Å². The SMILES string of the molecule is CC(C)(C)c1ccc(CCC(=O)Nc2ccc3cn[nH]c3c2)cc1. The average molecular weight is 321 g/mol. The minimum atomic E-state index is 0.0220. The van der Waals surface area contributed by atoms with Gasteiger partial charge in [0.2, 0.25) is 5.91 Å². The van der Waals surface area contributed by atoms with Gasteiger partial charge in [0.1, 0.15) is 0 Å². The maximum atomic E-state index is 12.1. The summed E-state index contributed by atoms with van der Waals surface area (Å²) in [5.41, 5.74) is 4.36. The van der Waals surface area contributed by atoms with Gasteiger partial charge in [0.15, 0.2) is 0 Å². The number of nitrogens with zero attached hydrogens (tertiary/aromatic N) is 1. The molecule has 0 saturated heterocycles. The van der Waals surface area contributed by atoms with E-state index in [4.69, 9.17) is 0 Å². The molecular weight excluding hydrogens is 298 g/mol. The van der Waals surface area contributed by atoms with Crippen LogP contribution in [0.3, 0.4) is 0 Å². The molecule has 2 aromatic carbocycles. The fourth-order valence-electron chi connectivity index (χ4n) is 2.67. The third-order valence-electron chi connectivity index (χ3n) is 4.19. The van der Waals surface area contributed by atoms with Crippen LogP contribution < -0.4 is 5.32 Å². The third kappa shape index (κ3) is 3.82. The van der Waals surface area contributed by atoms with Crippen LogP contribution in [-0.2, 0) is 16.6 Å². The third-order valence-corrected chi connectivity index (χ3v) is 4.19. The Bertz CT molecular complexity index is 841. The van der Waals surface area contributed by atoms with Gasteiger partial charge in [-0.1, -0.05) is 45.0 Å². The van der Waals surface area contributed by atoms with E-state index in [1.54, 1.807) is 6.20 Å². The molecule has 1 amide bonds. The van der Waals surface area contributed by atoms with Gasteiger partial charge in [-0.2, -0.15) is 5.10 Å². The Kier molecular flexibility index (Phi) is 4.38. The minimum Gasteiger partial charge on any atom is -0.326 e. The Balaban J connectivity index is 1.57. The number of hydrogen-bond acceptors (Lipinski definition) is 2. The van der Waals surface area contributed by atoms with Gasteiger partial charge >= 0.3 is 0 Å². The summed E-state index contributed by atoms with van der Waals surface area (Å²) >= 11 is 0. The van der Waals surface area contributed by atoms with Crippen LogP contribution in [0.15, 0.2) is 48.7 Å². The quantitative estimate of drug-likeness (QED) is 0.747. The van der Waals surface area contributed by atoms with Crippen LogP contribution in [0.25, 0.3) is 10.9 Å². The number of anilines is 1. The number of aromatic amines is 1. The van der Waals surface area contributed by atoms with Gasteiger partial charge in [0.25, 0.3) is 0 Å². The number of carbonyl (C=O) groups is 1. The molecule has 1 aromatic heterocycles. The van der Waals surface area contributed by atoms with Crippen LogP contribution in [0.1, 0.15) is 38.3 Å². The monoisotopic (exact) mass is 321 g/mol. The number of aryl methyl sites for hydroxylation is 1. The zero-order valence-electron chi connectivity index (χ0n) is 14.4. The van der Waals surface area contributed by atoms with E-state index in [2.05, 4.69) is 60.6 Å². The summed E-state index contributed by atoms with van der Waals surface area (Å²) in [7, 11) is 0. The normalized spacial score (nSPS) is 11.6. The average Bonchev–Trinajstić information content (AvgIpc) is 3.00. The van der Waals surface area contributed by atoms with Gasteiger partial charge in [-0.25, -0.2) is 0 Å². The van der Waals surface area contributed by atoms with E-state index < -0.39 is 0 Å². The van der Waals surface area contributed by atoms with Crippen molar-refractivity contribution >= 4 is 22.5 Å². The number of fused-ring (bicyclic) bond motifs is 1. The molecule has 3 rings (SSSR count). The number of hydrogen-bond donors (Lipinski definition) is 2. The van der Waals surface area contributed by atoms with Gasteiger partial charge in [0.05, 0.1) is 11.7 Å². The van der Waals surface area contributed by atoms with E-state index in [9.17, 15) is 4.79 Å². The Hall–Kier alpha value is -2.62. The Morgan fingerprint density at radius 2 is 1.88 bits per heavy atom. The molecule has 2 N–H and O–H groups in total. The lowest BCUT2D eigenvalue weighted by Crippen LogP contribution is -2.13. The lowest BCUT2D eigenvalue weighted by Gasteiger charge is -2.19. The standard InChI is InChI=1S/C20H23N3O/c1-20(2,3)16-8-4-14(5-9-16)6-11-19(24)22-17-10-7-15-13-21-23-18(15)12-17/h4-5,7-10,12-13H,6,11H2,1-3H3,(H,21,23)(H,22,24). The molecule has 4 heteroatoms. The Morgan fingerprint density at radius 1 is 1.12 bits per heavy atom. The first kappa shape index (κ1) is 16.2. The number of rotatable bonds is 4. The summed E-state index contributed by atoms with van der Waals surface area (Å²) < 4.78 is 0. The van der Waals surface area contributed by atoms with Crippen molar-refractivity contribution in [2.75, 3.05) is 5.32 Å². The molecule has 0 aliphatic rings. The molecule has 24 heavy (non-hydrogen) atoms. The van der Waals surface area contributed by atoms with Crippen molar-refractivity contribution in [2.45, 2.75) is 39.0 Å². The second-order valence-electron chi connectivity index (χ2n) is 7.17. The summed E-state index contributed by atoms with van der Waals surface area (Å²) in [6.07, 6.45) is 2.97. The summed E-state index contributed by atoms with van der Waals surface area (Å²) in [4.78, 5) is 12.1. The highest BCUT2D eigenvalue weighted by Gasteiger charge is 2.13. The van der Waals surface area contributed by atoms with Gasteiger partial charge < -0.3 is 5.32 Å². The molecule has 1 heterocycles. The van der Waals surface area contributed by atoms with Crippen LogP contribution in [0, 0.1) is 0 Å². The molecule has 0 atom stereocenters. The number of H-pyrrole nitrogens is 1. The molecule has 4 nitrogen and oxygen atoms in total. The van der Waals surface area contributed by atoms with Crippen molar-refractivity contribution < 1.29 is 4.79 Å². The van der Waals surface area contributed by atoms with Crippen LogP contribution >= 0.6 is 0 Å². The molecule has 0 spiro atoms. The highest BCUT2D eigenvalue weighted by Crippen LogP contribution is 2.22. The summed E-state index contributed by atoms with van der Waals surface area (Å²) in [6, 6.07) is 14.3. The van der Waals surface area contributed by atoms with Crippen molar-refractivity contribution in [2.24, 2.45) is 0 Å². The number of aromatic nitrogens is 2. The molecular formula is C20H23N3O. The number of carbonyl (C=O) groups excluding carboxylic acids is 1. The summed E-state index contributed by atoms with van der Waals surface area (Å²) in [5.74, 6) is 0.0220. The largest absolute Gasteiger partial charge is 0.326 e. The highest BCUT2D eigenvalue weighted by molar-refractivity contribution is 5.93. The van der Waals surface area contributed by atoms with Crippen molar-refractivity contribution in [3.05, 3.63) is 59.8 Å². The predicted molar refractivity (Wildman–Crippen MR) is 98.2 cm³/mol. The zero-order chi connectivity index (χ0) is 17.2. The molecule has 0 aliphatic heterocycles. The smallest absolute Gasteiger partial charge is 0.224 e. The first-order chi connectivity index (χ1) is 11.4. The summed E-state index contributed by atoms with van der Waals surface area (Å²) in [6.45, 7) is 6.60. The fraction of sp³-hybridized carbons (Fsp3) is 0.300. The fourth-order valence-corrected chi connectivity index (χ4v) is 2.67. The van der Waals surface area contributed by atoms with Gasteiger partial charge in [-0.3, -0.25) is 9.89 Å². The lowest BCUT2D eigenvalue weighted by molar-refractivity contribution is -0.116. The maximum Gasteiger partial charge on any atom is 0.224 e. The van der Waals surface area contributed by atoms with E-state index in [0.29, 0.717) is 6.42 Å². The highest BCUT2D eigenvalue weighted by atomic mass is 16.1. The van der Waals surface area contributed by atoms with E-state index in [-0.39, 0.29) is 11.3 Å². The second-order valence-corrected chi connectivity index (χ2v) is 7.17. The molecule has 124 valence electrons. The van der Waals surface area contributed by atoms with Crippen molar-refractivity contribution in [1.82, 2.24) is 10.2 Å². The van der Waals surface area contributed by atoms with Crippen LogP contribution in [0.5, 0.6) is 0 Å². The Labute approximate surface area is 142 Å². The Morgan fingerprint density at radius 3 is 2.58 bits per heavy atom. The molecule has 3 aromatic rings. The molecule has 0 fully saturated rings. The number of nitrogens with one attached hydrogen (secondary N) is 2. The molecule has 0 unspecified atom stereocenters. The molecule has 0 aliphatic carbocycles. The zero-order valence-corrected chi connectivity index (χ0v) is 14.4. The molecule has 0 radical (unpaired) electrons. The molecule has 0 saturated carbocycles. The van der Waals surface area contributed by atoms with E-state index >= 15 is 0 Å². The molecule has 0 bridgehead atoms. The van der Waals surface area contributed by atoms with Crippen molar-refractivity contribution in [1.29, 1.82) is 0 Å². The number of benzene rings is 2. The minimum absolute atomic E-state index is 0.0220. The van der Waals surface area contributed by atoms with E-state index in [1.807, 2.05) is 18.2 Å². The van der Waals surface area contributed by atoms with E-state index in [1.165, 1.54) is 11.1 Å². The second kappa shape index (κ2) is 6.48. The van der Waals surface area contributed by atoms with Crippen LogP contribution in [0.2, 0.25) is 0 Å². The number of amides is 1. The van der Waals surface area contributed by atoms with Crippen molar-refractivity contribution in [3.63, 3.8) is 0 Å². The first-order valence-electron chi connectivity index (χ1n) is 8.24.